The van der Waals surface area contributed by atoms with Crippen molar-refractivity contribution in [2.45, 2.75) is 26.7 Å². The lowest BCUT2D eigenvalue weighted by atomic mass is 10.0. The first-order valence-electron chi connectivity index (χ1n) is 4.48. The van der Waals surface area contributed by atoms with E-state index in [1.165, 1.54) is 6.07 Å². The van der Waals surface area contributed by atoms with Crippen LogP contribution in [-0.2, 0) is 11.2 Å². The highest BCUT2D eigenvalue weighted by molar-refractivity contribution is 5.67. The molecule has 0 bridgehead atoms. The minimum Gasteiger partial charge on any atom is -0.481 e. The molecule has 0 aromatic heterocycles. The third-order valence-electron chi connectivity index (χ3n) is 2.20. The number of rotatable bonds is 3. The Labute approximate surface area is 82.4 Å². The molecular weight excluding hydrogens is 183 g/mol. The molecule has 0 spiro atoms. The van der Waals surface area contributed by atoms with E-state index in [4.69, 9.17) is 5.11 Å². The molecule has 3 heteroatoms. The molecule has 14 heavy (non-hydrogen) atoms. The van der Waals surface area contributed by atoms with E-state index < -0.39 is 5.97 Å². The predicted molar refractivity (Wildman–Crippen MR) is 51.8 cm³/mol. The van der Waals surface area contributed by atoms with E-state index in [9.17, 15) is 9.18 Å². The third kappa shape index (κ3) is 2.55. The molecule has 1 aromatic rings. The summed E-state index contributed by atoms with van der Waals surface area (Å²) in [5, 5.41) is 8.51. The molecular formula is C11H13FO2. The summed E-state index contributed by atoms with van der Waals surface area (Å²) in [5.74, 6) is -1.11. The van der Waals surface area contributed by atoms with Gasteiger partial charge in [-0.25, -0.2) is 4.39 Å². The van der Waals surface area contributed by atoms with E-state index >= 15 is 0 Å². The van der Waals surface area contributed by atoms with Crippen LogP contribution in [0.15, 0.2) is 12.1 Å². The number of hydrogen-bond acceptors (Lipinski definition) is 1. The fourth-order valence-corrected chi connectivity index (χ4v) is 1.39. The average Bonchev–Trinajstić information content (AvgIpc) is 2.08. The maximum atomic E-state index is 13.2. The molecule has 76 valence electrons. The molecule has 0 atom stereocenters. The normalized spacial score (nSPS) is 10.2. The van der Waals surface area contributed by atoms with E-state index in [2.05, 4.69) is 0 Å². The van der Waals surface area contributed by atoms with Gasteiger partial charge in [0, 0.05) is 6.42 Å². The van der Waals surface area contributed by atoms with Crippen molar-refractivity contribution < 1.29 is 14.3 Å². The topological polar surface area (TPSA) is 37.3 Å². The fraction of sp³-hybridized carbons (Fsp3) is 0.364. The monoisotopic (exact) mass is 196 g/mol. The second-order valence-corrected chi connectivity index (χ2v) is 3.42. The summed E-state index contributed by atoms with van der Waals surface area (Å²) in [4.78, 5) is 10.4. The summed E-state index contributed by atoms with van der Waals surface area (Å²) in [7, 11) is 0. The van der Waals surface area contributed by atoms with Gasteiger partial charge in [-0.15, -0.1) is 0 Å². The standard InChI is InChI=1S/C11H13FO2/c1-7-5-9(3-4-11(13)14)8(2)10(12)6-7/h5-6H,3-4H2,1-2H3,(H,13,14). The molecule has 0 radical (unpaired) electrons. The Bertz CT molecular complexity index is 359. The molecule has 0 aliphatic rings. The first-order valence-corrected chi connectivity index (χ1v) is 4.48. The fourth-order valence-electron chi connectivity index (χ4n) is 1.39. The molecule has 0 saturated carbocycles. The van der Waals surface area contributed by atoms with Gasteiger partial charge >= 0.3 is 5.97 Å². The first kappa shape index (κ1) is 10.7. The van der Waals surface area contributed by atoms with Crippen LogP contribution in [0, 0.1) is 19.7 Å². The van der Waals surface area contributed by atoms with Crippen molar-refractivity contribution in [2.24, 2.45) is 0 Å². The number of benzene rings is 1. The predicted octanol–water partition coefficient (Wildman–Crippen LogP) is 2.46. The van der Waals surface area contributed by atoms with Crippen molar-refractivity contribution in [2.75, 3.05) is 0 Å². The van der Waals surface area contributed by atoms with Crippen LogP contribution < -0.4 is 0 Å². The van der Waals surface area contributed by atoms with Gasteiger partial charge < -0.3 is 5.11 Å². The maximum Gasteiger partial charge on any atom is 0.303 e. The van der Waals surface area contributed by atoms with Crippen molar-refractivity contribution in [3.8, 4) is 0 Å². The largest absolute Gasteiger partial charge is 0.481 e. The Morgan fingerprint density at radius 1 is 1.43 bits per heavy atom. The van der Waals surface area contributed by atoms with Gasteiger partial charge in [0.2, 0.25) is 0 Å². The molecule has 0 aliphatic carbocycles. The molecule has 0 amide bonds. The second kappa shape index (κ2) is 4.22. The Balaban J connectivity index is 2.90. The van der Waals surface area contributed by atoms with Gasteiger partial charge in [-0.1, -0.05) is 6.07 Å². The summed E-state index contributed by atoms with van der Waals surface area (Å²) in [6, 6.07) is 3.29. The molecule has 0 saturated heterocycles. The zero-order valence-corrected chi connectivity index (χ0v) is 8.30. The highest BCUT2D eigenvalue weighted by atomic mass is 19.1. The minimum absolute atomic E-state index is 0.0454. The maximum absolute atomic E-state index is 13.2. The van der Waals surface area contributed by atoms with Crippen molar-refractivity contribution in [1.82, 2.24) is 0 Å². The Hall–Kier alpha value is -1.38. The van der Waals surface area contributed by atoms with Crippen LogP contribution in [0.5, 0.6) is 0 Å². The number of aliphatic carboxylic acids is 1. The number of carbonyl (C=O) groups is 1. The molecule has 1 aromatic carbocycles. The minimum atomic E-state index is -0.855. The van der Waals surface area contributed by atoms with E-state index in [0.717, 1.165) is 11.1 Å². The Morgan fingerprint density at radius 2 is 2.07 bits per heavy atom. The highest BCUT2D eigenvalue weighted by Crippen LogP contribution is 2.16. The third-order valence-corrected chi connectivity index (χ3v) is 2.20. The lowest BCUT2D eigenvalue weighted by molar-refractivity contribution is -0.136. The van der Waals surface area contributed by atoms with Gasteiger partial charge in [0.1, 0.15) is 5.82 Å². The molecule has 1 rings (SSSR count). The van der Waals surface area contributed by atoms with Crippen molar-refractivity contribution >= 4 is 5.97 Å². The zero-order valence-electron chi connectivity index (χ0n) is 8.30. The Kier molecular flexibility index (Phi) is 3.23. The summed E-state index contributed by atoms with van der Waals surface area (Å²) in [6.07, 6.45) is 0.434. The smallest absolute Gasteiger partial charge is 0.303 e. The van der Waals surface area contributed by atoms with Crippen molar-refractivity contribution in [1.29, 1.82) is 0 Å². The lowest BCUT2D eigenvalue weighted by Gasteiger charge is -2.06. The molecule has 2 nitrogen and oxygen atoms in total. The van der Waals surface area contributed by atoms with Gasteiger partial charge in [-0.05, 0) is 43.0 Å². The number of hydrogen-bond donors (Lipinski definition) is 1. The lowest BCUT2D eigenvalue weighted by Crippen LogP contribution is -2.00. The molecule has 0 unspecified atom stereocenters. The SMILES string of the molecule is Cc1cc(F)c(C)c(CCC(=O)O)c1. The quantitative estimate of drug-likeness (QED) is 0.806. The van der Waals surface area contributed by atoms with Gasteiger partial charge in [-0.3, -0.25) is 4.79 Å². The zero-order chi connectivity index (χ0) is 10.7. The van der Waals surface area contributed by atoms with Gasteiger partial charge in [0.25, 0.3) is 0 Å². The molecule has 0 heterocycles. The molecule has 0 aliphatic heterocycles. The van der Waals surface area contributed by atoms with Gasteiger partial charge in [0.05, 0.1) is 0 Å². The van der Waals surface area contributed by atoms with Crippen LogP contribution >= 0.6 is 0 Å². The number of aryl methyl sites for hydroxylation is 2. The highest BCUT2D eigenvalue weighted by Gasteiger charge is 2.06. The number of halogens is 1. The van der Waals surface area contributed by atoms with E-state index in [0.29, 0.717) is 12.0 Å². The summed E-state index contributed by atoms with van der Waals surface area (Å²) in [5.41, 5.74) is 2.16. The summed E-state index contributed by atoms with van der Waals surface area (Å²) in [6.45, 7) is 3.47. The number of carboxylic acids is 1. The van der Waals surface area contributed by atoms with Gasteiger partial charge in [-0.2, -0.15) is 0 Å². The second-order valence-electron chi connectivity index (χ2n) is 3.42. The van der Waals surface area contributed by atoms with E-state index in [-0.39, 0.29) is 12.2 Å². The molecule has 0 fully saturated rings. The van der Waals surface area contributed by atoms with Crippen molar-refractivity contribution in [3.05, 3.63) is 34.6 Å². The molecule has 1 N–H and O–H groups in total. The Morgan fingerprint density at radius 3 is 2.64 bits per heavy atom. The van der Waals surface area contributed by atoms with Crippen LogP contribution in [0.1, 0.15) is 23.1 Å². The number of carboxylic acid groups (broad SMARTS) is 1. The van der Waals surface area contributed by atoms with Crippen LogP contribution in [0.3, 0.4) is 0 Å². The van der Waals surface area contributed by atoms with Crippen molar-refractivity contribution in [3.63, 3.8) is 0 Å². The van der Waals surface area contributed by atoms with Crippen LogP contribution in [0.25, 0.3) is 0 Å². The first-order chi connectivity index (χ1) is 6.50. The van der Waals surface area contributed by atoms with Crippen LogP contribution in [0.2, 0.25) is 0 Å². The van der Waals surface area contributed by atoms with E-state index in [1.54, 1.807) is 13.8 Å². The summed E-state index contributed by atoms with van der Waals surface area (Å²) >= 11 is 0. The van der Waals surface area contributed by atoms with Crippen LogP contribution in [0.4, 0.5) is 4.39 Å². The van der Waals surface area contributed by atoms with E-state index in [1.807, 2.05) is 6.07 Å². The van der Waals surface area contributed by atoms with Crippen LogP contribution in [-0.4, -0.2) is 11.1 Å². The van der Waals surface area contributed by atoms with Gasteiger partial charge in [0.15, 0.2) is 0 Å². The summed E-state index contributed by atoms with van der Waals surface area (Å²) < 4.78 is 13.2. The average molecular weight is 196 g/mol.